The van der Waals surface area contributed by atoms with Crippen molar-refractivity contribution in [2.45, 2.75) is 46.1 Å². The van der Waals surface area contributed by atoms with Gasteiger partial charge in [-0.2, -0.15) is 17.4 Å². The molecule has 1 fully saturated rings. The maximum atomic E-state index is 12.5. The van der Waals surface area contributed by atoms with Gasteiger partial charge in [0.15, 0.2) is 0 Å². The van der Waals surface area contributed by atoms with Crippen LogP contribution in [0.15, 0.2) is 24.3 Å². The molecule has 1 aromatic rings. The van der Waals surface area contributed by atoms with Gasteiger partial charge in [0.05, 0.1) is 18.8 Å². The van der Waals surface area contributed by atoms with E-state index in [2.05, 4.69) is 4.72 Å². The standard InChI is InChI=1S/C16H26N2O4S/c1-4-21-12-16-8-6-5-7-15(16)9-17-23(19,20)18-10-13(2)22-14(3)11-18/h5-8,13-14,17H,4,9-12H2,1-3H3/t13-,14-/m0/s1. The van der Waals surface area contributed by atoms with Crippen LogP contribution in [0.1, 0.15) is 31.9 Å². The van der Waals surface area contributed by atoms with E-state index in [0.29, 0.717) is 26.3 Å². The molecule has 1 aromatic carbocycles. The highest BCUT2D eigenvalue weighted by Gasteiger charge is 2.30. The van der Waals surface area contributed by atoms with Crippen LogP contribution in [0.2, 0.25) is 0 Å². The van der Waals surface area contributed by atoms with Gasteiger partial charge in [-0.25, -0.2) is 0 Å². The van der Waals surface area contributed by atoms with Gasteiger partial charge in [0.2, 0.25) is 0 Å². The highest BCUT2D eigenvalue weighted by Crippen LogP contribution is 2.15. The van der Waals surface area contributed by atoms with Crippen molar-refractivity contribution in [3.05, 3.63) is 35.4 Å². The summed E-state index contributed by atoms with van der Waals surface area (Å²) in [7, 11) is -3.52. The molecule has 2 atom stereocenters. The van der Waals surface area contributed by atoms with Crippen LogP contribution in [0.3, 0.4) is 0 Å². The van der Waals surface area contributed by atoms with E-state index in [9.17, 15) is 8.42 Å². The zero-order valence-electron chi connectivity index (χ0n) is 14.0. The Bertz CT molecular complexity index is 596. The third-order valence-corrected chi connectivity index (χ3v) is 5.24. The van der Waals surface area contributed by atoms with Gasteiger partial charge in [-0.15, -0.1) is 0 Å². The number of rotatable bonds is 7. The van der Waals surface area contributed by atoms with Gasteiger partial charge in [0, 0.05) is 26.2 Å². The zero-order chi connectivity index (χ0) is 16.9. The molecule has 0 aromatic heterocycles. The average Bonchev–Trinajstić information content (AvgIpc) is 2.51. The van der Waals surface area contributed by atoms with Crippen molar-refractivity contribution >= 4 is 10.2 Å². The average molecular weight is 342 g/mol. The smallest absolute Gasteiger partial charge is 0.279 e. The van der Waals surface area contributed by atoms with Crippen LogP contribution in [-0.2, 0) is 32.8 Å². The summed E-state index contributed by atoms with van der Waals surface area (Å²) in [4.78, 5) is 0. The van der Waals surface area contributed by atoms with Gasteiger partial charge >= 0.3 is 0 Å². The van der Waals surface area contributed by atoms with Gasteiger partial charge in [-0.3, -0.25) is 0 Å². The Morgan fingerprint density at radius 1 is 1.22 bits per heavy atom. The summed E-state index contributed by atoms with van der Waals surface area (Å²) >= 11 is 0. The number of nitrogens with zero attached hydrogens (tertiary/aromatic N) is 1. The Morgan fingerprint density at radius 2 is 1.83 bits per heavy atom. The Hall–Kier alpha value is -0.990. The molecule has 0 amide bonds. The molecule has 1 aliphatic rings. The second-order valence-electron chi connectivity index (χ2n) is 5.81. The predicted molar refractivity (Wildman–Crippen MR) is 89.1 cm³/mol. The van der Waals surface area contributed by atoms with Crippen molar-refractivity contribution < 1.29 is 17.9 Å². The Morgan fingerprint density at radius 3 is 2.43 bits per heavy atom. The molecule has 1 saturated heterocycles. The largest absolute Gasteiger partial charge is 0.377 e. The SMILES string of the molecule is CCOCc1ccccc1CNS(=O)(=O)N1C[C@H](C)O[C@@H](C)C1. The summed E-state index contributed by atoms with van der Waals surface area (Å²) in [5.74, 6) is 0. The molecule has 23 heavy (non-hydrogen) atoms. The number of hydrogen-bond acceptors (Lipinski definition) is 4. The zero-order valence-corrected chi connectivity index (χ0v) is 14.8. The summed E-state index contributed by atoms with van der Waals surface area (Å²) in [6.45, 7) is 7.83. The fourth-order valence-corrected chi connectivity index (χ4v) is 4.00. The minimum Gasteiger partial charge on any atom is -0.377 e. The lowest BCUT2D eigenvalue weighted by molar-refractivity contribution is -0.0444. The third-order valence-electron chi connectivity index (χ3n) is 3.75. The molecular weight excluding hydrogens is 316 g/mol. The number of benzene rings is 1. The van der Waals surface area contributed by atoms with Gasteiger partial charge in [-0.1, -0.05) is 24.3 Å². The van der Waals surface area contributed by atoms with Crippen molar-refractivity contribution in [3.63, 3.8) is 0 Å². The van der Waals surface area contributed by atoms with Crippen LogP contribution in [0.5, 0.6) is 0 Å². The first-order valence-corrected chi connectivity index (χ1v) is 9.41. The summed E-state index contributed by atoms with van der Waals surface area (Å²) in [5.41, 5.74) is 1.93. The van der Waals surface area contributed by atoms with Crippen LogP contribution >= 0.6 is 0 Å². The molecule has 130 valence electrons. The molecular formula is C16H26N2O4S. The number of nitrogens with one attached hydrogen (secondary N) is 1. The first-order chi connectivity index (χ1) is 10.9. The third kappa shape index (κ3) is 5.26. The molecule has 0 bridgehead atoms. The van der Waals surface area contributed by atoms with Crippen LogP contribution in [0.25, 0.3) is 0 Å². The maximum Gasteiger partial charge on any atom is 0.279 e. The molecule has 6 nitrogen and oxygen atoms in total. The minimum absolute atomic E-state index is 0.0967. The molecule has 1 aliphatic heterocycles. The predicted octanol–water partition coefficient (Wildman–Crippen LogP) is 1.67. The van der Waals surface area contributed by atoms with E-state index in [1.165, 1.54) is 4.31 Å². The lowest BCUT2D eigenvalue weighted by atomic mass is 10.1. The van der Waals surface area contributed by atoms with Gasteiger partial charge < -0.3 is 9.47 Å². The molecule has 1 heterocycles. The summed E-state index contributed by atoms with van der Waals surface area (Å²) in [6, 6.07) is 7.70. The van der Waals surface area contributed by atoms with Crippen molar-refractivity contribution in [2.75, 3.05) is 19.7 Å². The fourth-order valence-electron chi connectivity index (χ4n) is 2.67. The highest BCUT2D eigenvalue weighted by atomic mass is 32.2. The van der Waals surface area contributed by atoms with E-state index in [1.807, 2.05) is 45.0 Å². The minimum atomic E-state index is -3.52. The van der Waals surface area contributed by atoms with E-state index < -0.39 is 10.2 Å². The van der Waals surface area contributed by atoms with Crippen LogP contribution in [0.4, 0.5) is 0 Å². The number of ether oxygens (including phenoxy) is 2. The van der Waals surface area contributed by atoms with E-state index >= 15 is 0 Å². The van der Waals surface area contributed by atoms with Crippen molar-refractivity contribution in [2.24, 2.45) is 0 Å². The quantitative estimate of drug-likeness (QED) is 0.818. The number of hydrogen-bond donors (Lipinski definition) is 1. The van der Waals surface area contributed by atoms with Gasteiger partial charge in [0.1, 0.15) is 0 Å². The molecule has 0 unspecified atom stereocenters. The van der Waals surface area contributed by atoms with Crippen LogP contribution in [0, 0.1) is 0 Å². The molecule has 2 rings (SSSR count). The number of morpholine rings is 1. The summed E-state index contributed by atoms with van der Waals surface area (Å²) < 4.78 is 40.2. The fraction of sp³-hybridized carbons (Fsp3) is 0.625. The highest BCUT2D eigenvalue weighted by molar-refractivity contribution is 7.87. The second kappa shape index (κ2) is 8.21. The van der Waals surface area contributed by atoms with Crippen molar-refractivity contribution in [3.8, 4) is 0 Å². The van der Waals surface area contributed by atoms with Crippen molar-refractivity contribution in [1.82, 2.24) is 9.03 Å². The Balaban J connectivity index is 2.02. The van der Waals surface area contributed by atoms with Crippen molar-refractivity contribution in [1.29, 1.82) is 0 Å². The topological polar surface area (TPSA) is 67.9 Å². The van der Waals surface area contributed by atoms with E-state index in [4.69, 9.17) is 9.47 Å². The monoisotopic (exact) mass is 342 g/mol. The van der Waals surface area contributed by atoms with E-state index in [0.717, 1.165) is 11.1 Å². The van der Waals surface area contributed by atoms with Gasteiger partial charge in [-0.05, 0) is 31.9 Å². The van der Waals surface area contributed by atoms with E-state index in [-0.39, 0.29) is 18.8 Å². The first-order valence-electron chi connectivity index (χ1n) is 7.97. The summed E-state index contributed by atoms with van der Waals surface area (Å²) in [6.07, 6.45) is -0.193. The molecule has 0 saturated carbocycles. The molecule has 0 spiro atoms. The summed E-state index contributed by atoms with van der Waals surface area (Å²) in [5, 5.41) is 0. The molecule has 7 heteroatoms. The second-order valence-corrected chi connectivity index (χ2v) is 7.56. The van der Waals surface area contributed by atoms with Gasteiger partial charge in [0.25, 0.3) is 10.2 Å². The lowest BCUT2D eigenvalue weighted by Gasteiger charge is -2.34. The molecule has 0 aliphatic carbocycles. The Labute approximate surface area is 139 Å². The maximum absolute atomic E-state index is 12.5. The molecule has 0 radical (unpaired) electrons. The lowest BCUT2D eigenvalue weighted by Crippen LogP contribution is -2.51. The normalized spacial score (nSPS) is 23.1. The molecule has 1 N–H and O–H groups in total. The van der Waals surface area contributed by atoms with Crippen LogP contribution in [-0.4, -0.2) is 44.6 Å². The first kappa shape index (κ1) is 18.4. The van der Waals surface area contributed by atoms with Crippen LogP contribution < -0.4 is 4.72 Å². The Kier molecular flexibility index (Phi) is 6.55. The van der Waals surface area contributed by atoms with E-state index in [1.54, 1.807) is 0 Å².